The summed E-state index contributed by atoms with van der Waals surface area (Å²) in [4.78, 5) is 42.2. The van der Waals surface area contributed by atoms with Crippen molar-refractivity contribution < 1.29 is 24.2 Å². The highest BCUT2D eigenvalue weighted by Gasteiger charge is 2.76. The number of carbonyl (C=O) groups excluding carboxylic acids is 3. The van der Waals surface area contributed by atoms with Crippen LogP contribution in [0.25, 0.3) is 0 Å². The Balaban J connectivity index is 1.67. The summed E-state index contributed by atoms with van der Waals surface area (Å²) in [6, 6.07) is 6.38. The Labute approximate surface area is 198 Å². The van der Waals surface area contributed by atoms with Gasteiger partial charge < -0.3 is 25.4 Å². The number of amides is 3. The van der Waals surface area contributed by atoms with Crippen molar-refractivity contribution in [1.29, 1.82) is 0 Å². The number of rotatable bonds is 9. The maximum absolute atomic E-state index is 13.7. The minimum Gasteiger partial charge on any atom is -0.497 e. The first-order valence-electron chi connectivity index (χ1n) is 11.7. The SMILES string of the molecule is CCCNC(=O)[C@@H]1[C@H]2C(=O)N(CCCO)C(C(=O)Nc3ccc(OC)cc3)C23CC[C@@]1(C)S3. The summed E-state index contributed by atoms with van der Waals surface area (Å²) in [5, 5.41) is 15.4. The number of thioether (sulfide) groups is 1. The van der Waals surface area contributed by atoms with Crippen molar-refractivity contribution in [3.63, 3.8) is 0 Å². The van der Waals surface area contributed by atoms with Crippen LogP contribution < -0.4 is 15.4 Å². The first kappa shape index (κ1) is 23.9. The molecule has 3 aliphatic heterocycles. The van der Waals surface area contributed by atoms with E-state index in [1.165, 1.54) is 0 Å². The van der Waals surface area contributed by atoms with Gasteiger partial charge in [-0.25, -0.2) is 0 Å². The first-order chi connectivity index (χ1) is 15.8. The third-order valence-corrected chi connectivity index (χ3v) is 9.26. The molecule has 3 N–H and O–H groups in total. The first-order valence-corrected chi connectivity index (χ1v) is 12.5. The Hall–Kier alpha value is -2.26. The van der Waals surface area contributed by atoms with Crippen LogP contribution in [0.15, 0.2) is 24.3 Å². The van der Waals surface area contributed by atoms with Crippen LogP contribution in [0, 0.1) is 11.8 Å². The van der Waals surface area contributed by atoms with Crippen LogP contribution in [0.1, 0.15) is 39.5 Å². The molecule has 1 aromatic carbocycles. The van der Waals surface area contributed by atoms with Crippen molar-refractivity contribution in [2.24, 2.45) is 11.8 Å². The van der Waals surface area contributed by atoms with Gasteiger partial charge in [0.15, 0.2) is 0 Å². The van der Waals surface area contributed by atoms with Gasteiger partial charge in [0, 0.05) is 30.1 Å². The number of nitrogens with zero attached hydrogens (tertiary/aromatic N) is 1. The van der Waals surface area contributed by atoms with Gasteiger partial charge in [-0.3, -0.25) is 14.4 Å². The Bertz CT molecular complexity index is 925. The zero-order valence-electron chi connectivity index (χ0n) is 19.4. The van der Waals surface area contributed by atoms with E-state index in [0.29, 0.717) is 30.8 Å². The minimum atomic E-state index is -0.695. The van der Waals surface area contributed by atoms with E-state index in [1.807, 2.05) is 6.92 Å². The average molecular weight is 476 g/mol. The molecule has 0 aromatic heterocycles. The van der Waals surface area contributed by atoms with Crippen LogP contribution in [0.2, 0.25) is 0 Å². The zero-order valence-corrected chi connectivity index (χ0v) is 20.2. The van der Waals surface area contributed by atoms with Crippen LogP contribution in [-0.4, -0.2) is 70.1 Å². The molecule has 4 rings (SSSR count). The molecule has 3 saturated heterocycles. The molecule has 2 unspecified atom stereocenters. The number of likely N-dealkylation sites (tertiary alicyclic amines) is 1. The Morgan fingerprint density at radius 1 is 1.24 bits per heavy atom. The Morgan fingerprint density at radius 3 is 2.61 bits per heavy atom. The van der Waals surface area contributed by atoms with E-state index in [2.05, 4.69) is 17.6 Å². The normalized spacial score (nSPS) is 32.1. The molecular formula is C24H33N3O5S. The molecule has 1 aromatic rings. The topological polar surface area (TPSA) is 108 Å². The monoisotopic (exact) mass is 475 g/mol. The van der Waals surface area contributed by atoms with Crippen molar-refractivity contribution in [3.8, 4) is 5.75 Å². The van der Waals surface area contributed by atoms with Crippen LogP contribution in [0.3, 0.4) is 0 Å². The number of anilines is 1. The molecule has 3 aliphatic rings. The standard InChI is InChI=1S/C24H33N3O5S/c1-4-12-25-20(29)17-18-22(31)27(13-5-14-28)19(24(18)11-10-23(17,2)33-24)21(30)26-15-6-8-16(32-3)9-7-15/h6-9,17-19,28H,4-5,10-14H2,1-3H3,(H,25,29)(H,26,30)/t17-,18-,19?,23+,24?/m0/s1. The molecule has 0 saturated carbocycles. The molecule has 8 nitrogen and oxygen atoms in total. The minimum absolute atomic E-state index is 0.0699. The van der Waals surface area contributed by atoms with Gasteiger partial charge in [0.05, 0.1) is 23.7 Å². The number of nitrogens with one attached hydrogen (secondary N) is 2. The van der Waals surface area contributed by atoms with Crippen molar-refractivity contribution in [2.75, 3.05) is 32.1 Å². The van der Waals surface area contributed by atoms with Gasteiger partial charge in [-0.2, -0.15) is 0 Å². The lowest BCUT2D eigenvalue weighted by atomic mass is 9.66. The van der Waals surface area contributed by atoms with Crippen molar-refractivity contribution in [1.82, 2.24) is 10.2 Å². The Kier molecular flexibility index (Phi) is 6.64. The van der Waals surface area contributed by atoms with E-state index in [1.54, 1.807) is 48.0 Å². The lowest BCUT2D eigenvalue weighted by molar-refractivity contribution is -0.140. The van der Waals surface area contributed by atoms with Crippen LogP contribution in [0.4, 0.5) is 5.69 Å². The molecule has 180 valence electrons. The van der Waals surface area contributed by atoms with E-state index in [4.69, 9.17) is 4.74 Å². The molecule has 33 heavy (non-hydrogen) atoms. The molecule has 9 heteroatoms. The van der Waals surface area contributed by atoms with Gasteiger partial charge in [-0.15, -0.1) is 11.8 Å². The number of aliphatic hydroxyl groups is 1. The number of aliphatic hydroxyl groups excluding tert-OH is 1. The maximum atomic E-state index is 13.7. The fourth-order valence-corrected chi connectivity index (χ4v) is 8.21. The average Bonchev–Trinajstić information content (AvgIpc) is 3.37. The van der Waals surface area contributed by atoms with Gasteiger partial charge >= 0.3 is 0 Å². The highest BCUT2D eigenvalue weighted by Crippen LogP contribution is 2.71. The summed E-state index contributed by atoms with van der Waals surface area (Å²) in [5.41, 5.74) is 0.621. The molecule has 3 fully saturated rings. The quantitative estimate of drug-likeness (QED) is 0.504. The summed E-state index contributed by atoms with van der Waals surface area (Å²) in [6.07, 6.45) is 2.70. The van der Waals surface area contributed by atoms with Crippen molar-refractivity contribution in [3.05, 3.63) is 24.3 Å². The van der Waals surface area contributed by atoms with Gasteiger partial charge in [0.2, 0.25) is 17.7 Å². The third-order valence-electron chi connectivity index (χ3n) is 7.27. The number of hydrogen-bond acceptors (Lipinski definition) is 6. The number of benzene rings is 1. The number of ether oxygens (including phenoxy) is 1. The second-order valence-corrected chi connectivity index (χ2v) is 11.2. The summed E-state index contributed by atoms with van der Waals surface area (Å²) in [7, 11) is 1.58. The smallest absolute Gasteiger partial charge is 0.248 e. The molecular weight excluding hydrogens is 442 g/mol. The highest BCUT2D eigenvalue weighted by atomic mass is 32.2. The molecule has 0 aliphatic carbocycles. The summed E-state index contributed by atoms with van der Waals surface area (Å²) in [6.45, 7) is 4.84. The number of hydrogen-bond donors (Lipinski definition) is 3. The summed E-state index contributed by atoms with van der Waals surface area (Å²) < 4.78 is 4.17. The van der Waals surface area contributed by atoms with E-state index in [9.17, 15) is 19.5 Å². The molecule has 0 radical (unpaired) electrons. The Morgan fingerprint density at radius 2 is 1.97 bits per heavy atom. The molecule has 3 amide bonds. The van der Waals surface area contributed by atoms with Crippen LogP contribution in [-0.2, 0) is 14.4 Å². The van der Waals surface area contributed by atoms with Crippen molar-refractivity contribution in [2.45, 2.75) is 55.1 Å². The maximum Gasteiger partial charge on any atom is 0.248 e. The highest BCUT2D eigenvalue weighted by molar-refractivity contribution is 8.02. The van der Waals surface area contributed by atoms with Gasteiger partial charge in [0.25, 0.3) is 0 Å². The van der Waals surface area contributed by atoms with Gasteiger partial charge in [-0.1, -0.05) is 6.92 Å². The van der Waals surface area contributed by atoms with E-state index in [-0.39, 0.29) is 35.6 Å². The lowest BCUT2D eigenvalue weighted by Gasteiger charge is -2.34. The van der Waals surface area contributed by atoms with Crippen LogP contribution in [0.5, 0.6) is 5.75 Å². The van der Waals surface area contributed by atoms with E-state index >= 15 is 0 Å². The molecule has 5 atom stereocenters. The molecule has 2 bridgehead atoms. The second-order valence-electron chi connectivity index (χ2n) is 9.35. The van der Waals surface area contributed by atoms with E-state index < -0.39 is 22.6 Å². The molecule has 1 spiro atoms. The number of carbonyl (C=O) groups is 3. The fraction of sp³-hybridized carbons (Fsp3) is 0.625. The molecule has 3 heterocycles. The fourth-order valence-electron chi connectivity index (χ4n) is 5.85. The third kappa shape index (κ3) is 3.89. The van der Waals surface area contributed by atoms with Gasteiger partial charge in [0.1, 0.15) is 11.8 Å². The van der Waals surface area contributed by atoms with Crippen LogP contribution >= 0.6 is 11.8 Å². The predicted octanol–water partition coefficient (Wildman–Crippen LogP) is 2.02. The summed E-state index contributed by atoms with van der Waals surface area (Å²) in [5.74, 6) is -0.809. The lowest BCUT2D eigenvalue weighted by Crippen LogP contribution is -2.52. The van der Waals surface area contributed by atoms with Gasteiger partial charge in [-0.05, 0) is 56.9 Å². The predicted molar refractivity (Wildman–Crippen MR) is 127 cm³/mol. The number of methoxy groups -OCH3 is 1. The van der Waals surface area contributed by atoms with E-state index in [0.717, 1.165) is 12.8 Å². The second kappa shape index (κ2) is 9.18. The zero-order chi connectivity index (χ0) is 23.8. The number of fused-ring (bicyclic) bond motifs is 1. The summed E-state index contributed by atoms with van der Waals surface area (Å²) >= 11 is 1.65. The van der Waals surface area contributed by atoms with Crippen molar-refractivity contribution >= 4 is 35.2 Å². The largest absolute Gasteiger partial charge is 0.497 e.